The molecular formula is C69H133NO5. The summed E-state index contributed by atoms with van der Waals surface area (Å²) in [5, 5.41) is 23.4. The second kappa shape index (κ2) is 64.9. The van der Waals surface area contributed by atoms with Gasteiger partial charge in [-0.1, -0.05) is 334 Å². The largest absolute Gasteiger partial charge is 0.466 e. The molecule has 0 radical (unpaired) electrons. The van der Waals surface area contributed by atoms with E-state index in [9.17, 15) is 19.8 Å². The lowest BCUT2D eigenvalue weighted by atomic mass is 10.0. The van der Waals surface area contributed by atoms with Crippen LogP contribution in [0.3, 0.4) is 0 Å². The van der Waals surface area contributed by atoms with Crippen LogP contribution in [0.2, 0.25) is 0 Å². The monoisotopic (exact) mass is 1060 g/mol. The first-order chi connectivity index (χ1) is 37.0. The lowest BCUT2D eigenvalue weighted by molar-refractivity contribution is -0.143. The number of amides is 1. The third-order valence-corrected chi connectivity index (χ3v) is 16.0. The predicted octanol–water partition coefficient (Wildman–Crippen LogP) is 21.8. The number of hydrogen-bond donors (Lipinski definition) is 3. The Morgan fingerprint density at radius 2 is 0.667 bits per heavy atom. The molecule has 0 rings (SSSR count). The predicted molar refractivity (Wildman–Crippen MR) is 329 cm³/mol. The van der Waals surface area contributed by atoms with E-state index < -0.39 is 12.1 Å². The van der Waals surface area contributed by atoms with E-state index in [0.29, 0.717) is 25.9 Å². The molecule has 0 aromatic carbocycles. The Kier molecular flexibility index (Phi) is 63.4. The van der Waals surface area contributed by atoms with Crippen LogP contribution >= 0.6 is 0 Å². The maximum atomic E-state index is 12.5. The Morgan fingerprint density at radius 1 is 0.373 bits per heavy atom. The van der Waals surface area contributed by atoms with E-state index in [1.165, 1.54) is 295 Å². The van der Waals surface area contributed by atoms with E-state index in [0.717, 1.165) is 51.4 Å². The van der Waals surface area contributed by atoms with Crippen molar-refractivity contribution in [3.05, 3.63) is 24.3 Å². The number of rotatable bonds is 64. The van der Waals surface area contributed by atoms with Crippen molar-refractivity contribution in [1.29, 1.82) is 0 Å². The van der Waals surface area contributed by atoms with E-state index in [-0.39, 0.29) is 18.5 Å². The lowest BCUT2D eigenvalue weighted by Crippen LogP contribution is -2.45. The zero-order valence-electron chi connectivity index (χ0n) is 50.8. The Balaban J connectivity index is 3.36. The van der Waals surface area contributed by atoms with E-state index in [4.69, 9.17) is 4.74 Å². The summed E-state index contributed by atoms with van der Waals surface area (Å²) in [4.78, 5) is 24.6. The van der Waals surface area contributed by atoms with Gasteiger partial charge in [0.2, 0.25) is 5.91 Å². The number of hydrogen-bond acceptors (Lipinski definition) is 5. The van der Waals surface area contributed by atoms with Gasteiger partial charge in [-0.05, 0) is 57.8 Å². The van der Waals surface area contributed by atoms with Gasteiger partial charge in [0.1, 0.15) is 0 Å². The highest BCUT2D eigenvalue weighted by Gasteiger charge is 2.20. The fourth-order valence-electron chi connectivity index (χ4n) is 10.8. The normalized spacial score (nSPS) is 12.6. The molecule has 0 aliphatic heterocycles. The molecule has 0 bridgehead atoms. The molecule has 75 heavy (non-hydrogen) atoms. The summed E-state index contributed by atoms with van der Waals surface area (Å²) in [6.07, 6.45) is 80.6. The number of nitrogens with one attached hydrogen (secondary N) is 1. The number of unbranched alkanes of at least 4 members (excludes halogenated alkanes) is 49. The van der Waals surface area contributed by atoms with Gasteiger partial charge in [0.05, 0.1) is 25.4 Å². The van der Waals surface area contributed by atoms with Gasteiger partial charge in [0.25, 0.3) is 0 Å². The summed E-state index contributed by atoms with van der Waals surface area (Å²) in [5.74, 6) is -0.0234. The van der Waals surface area contributed by atoms with Crippen LogP contribution in [-0.4, -0.2) is 47.4 Å². The van der Waals surface area contributed by atoms with Crippen LogP contribution in [0.25, 0.3) is 0 Å². The van der Waals surface area contributed by atoms with Gasteiger partial charge < -0.3 is 20.3 Å². The van der Waals surface area contributed by atoms with Crippen LogP contribution in [0, 0.1) is 0 Å². The van der Waals surface area contributed by atoms with Crippen molar-refractivity contribution in [2.45, 2.75) is 392 Å². The van der Waals surface area contributed by atoms with Crippen molar-refractivity contribution in [3.63, 3.8) is 0 Å². The van der Waals surface area contributed by atoms with Gasteiger partial charge in [0, 0.05) is 12.8 Å². The summed E-state index contributed by atoms with van der Waals surface area (Å²) >= 11 is 0. The minimum absolute atomic E-state index is 0.00787. The molecule has 0 aromatic heterocycles. The minimum atomic E-state index is -0.664. The molecule has 0 heterocycles. The van der Waals surface area contributed by atoms with E-state index in [1.807, 2.05) is 0 Å². The SMILES string of the molecule is CCCCCC/C=C\C/C=C\CCCCCCCCCC(=O)OCCCCCCCCCCCCCCCCCCCCCCCCCC(=O)NC(CO)C(O)CCCCCCCCCCCCCCCCCCC. The maximum absolute atomic E-state index is 12.5. The molecule has 0 aliphatic carbocycles. The first kappa shape index (κ1) is 73.3. The average molecular weight is 1060 g/mol. The van der Waals surface area contributed by atoms with Gasteiger partial charge in [-0.25, -0.2) is 0 Å². The fraction of sp³-hybridized carbons (Fsp3) is 0.913. The standard InChI is InChI=1S/C69H133NO5/c1-3-5-7-9-11-13-15-17-19-21-31-35-39-43-47-51-55-59-63-69(74)75-64-60-56-52-48-44-40-36-32-28-26-24-22-23-25-27-30-34-38-42-46-50-54-58-62-68(73)70-66(65-71)67(72)61-57-53-49-45-41-37-33-29-20-18-16-14-12-10-8-6-4-2/h13,15,19,21,66-67,71-72H,3-12,14,16-18,20,22-65H2,1-2H3,(H,70,73)/b15-13-,21-19-. The van der Waals surface area contributed by atoms with Crippen molar-refractivity contribution >= 4 is 11.9 Å². The smallest absolute Gasteiger partial charge is 0.305 e. The molecule has 6 nitrogen and oxygen atoms in total. The van der Waals surface area contributed by atoms with E-state index in [1.54, 1.807) is 0 Å². The number of allylic oxidation sites excluding steroid dienone is 4. The second-order valence-corrected chi connectivity index (χ2v) is 23.5. The molecule has 0 spiro atoms. The highest BCUT2D eigenvalue weighted by molar-refractivity contribution is 5.76. The van der Waals surface area contributed by atoms with Gasteiger partial charge >= 0.3 is 5.97 Å². The Morgan fingerprint density at radius 3 is 1.03 bits per heavy atom. The summed E-state index contributed by atoms with van der Waals surface area (Å²) < 4.78 is 5.50. The Hall–Kier alpha value is -1.66. The minimum Gasteiger partial charge on any atom is -0.466 e. The number of aliphatic hydroxyl groups is 2. The van der Waals surface area contributed by atoms with Crippen LogP contribution in [0.1, 0.15) is 380 Å². The van der Waals surface area contributed by atoms with Gasteiger partial charge in [-0.15, -0.1) is 0 Å². The number of ether oxygens (including phenoxy) is 1. The molecule has 0 saturated heterocycles. The molecule has 1 amide bonds. The molecule has 444 valence electrons. The van der Waals surface area contributed by atoms with Crippen LogP contribution in [-0.2, 0) is 14.3 Å². The zero-order chi connectivity index (χ0) is 54.3. The van der Waals surface area contributed by atoms with Crippen molar-refractivity contribution in [3.8, 4) is 0 Å². The Labute approximate surface area is 469 Å². The highest BCUT2D eigenvalue weighted by atomic mass is 16.5. The maximum Gasteiger partial charge on any atom is 0.305 e. The zero-order valence-corrected chi connectivity index (χ0v) is 50.8. The topological polar surface area (TPSA) is 95.9 Å². The number of carbonyl (C=O) groups excluding carboxylic acids is 2. The third kappa shape index (κ3) is 61.4. The molecule has 6 heteroatoms. The number of esters is 1. The molecule has 0 aromatic rings. The van der Waals surface area contributed by atoms with Crippen LogP contribution in [0.4, 0.5) is 0 Å². The molecule has 0 saturated carbocycles. The van der Waals surface area contributed by atoms with Gasteiger partial charge in [0.15, 0.2) is 0 Å². The fourth-order valence-corrected chi connectivity index (χ4v) is 10.8. The number of carbonyl (C=O) groups is 2. The second-order valence-electron chi connectivity index (χ2n) is 23.5. The summed E-state index contributed by atoms with van der Waals surface area (Å²) in [5.41, 5.74) is 0. The van der Waals surface area contributed by atoms with Crippen molar-refractivity contribution < 1.29 is 24.5 Å². The molecular weight excluding hydrogens is 923 g/mol. The molecule has 0 fully saturated rings. The molecule has 0 aliphatic rings. The van der Waals surface area contributed by atoms with E-state index in [2.05, 4.69) is 43.5 Å². The summed E-state index contributed by atoms with van der Waals surface area (Å²) in [7, 11) is 0. The quantitative estimate of drug-likeness (QED) is 0.0320. The van der Waals surface area contributed by atoms with Crippen molar-refractivity contribution in [2.75, 3.05) is 13.2 Å². The van der Waals surface area contributed by atoms with E-state index >= 15 is 0 Å². The van der Waals surface area contributed by atoms with Crippen LogP contribution in [0.5, 0.6) is 0 Å². The Bertz CT molecular complexity index is 1170. The van der Waals surface area contributed by atoms with Crippen molar-refractivity contribution in [1.82, 2.24) is 5.32 Å². The first-order valence-corrected chi connectivity index (χ1v) is 34.1. The van der Waals surface area contributed by atoms with Gasteiger partial charge in [-0.2, -0.15) is 0 Å². The lowest BCUT2D eigenvalue weighted by Gasteiger charge is -2.22. The molecule has 2 unspecified atom stereocenters. The van der Waals surface area contributed by atoms with Crippen molar-refractivity contribution in [2.24, 2.45) is 0 Å². The first-order valence-electron chi connectivity index (χ1n) is 34.1. The van der Waals surface area contributed by atoms with Crippen LogP contribution in [0.15, 0.2) is 24.3 Å². The summed E-state index contributed by atoms with van der Waals surface area (Å²) in [6, 6.07) is -0.541. The summed E-state index contributed by atoms with van der Waals surface area (Å²) in [6.45, 7) is 4.97. The van der Waals surface area contributed by atoms with Gasteiger partial charge in [-0.3, -0.25) is 9.59 Å². The third-order valence-electron chi connectivity index (χ3n) is 16.0. The van der Waals surface area contributed by atoms with Crippen LogP contribution < -0.4 is 5.32 Å². The highest BCUT2D eigenvalue weighted by Crippen LogP contribution is 2.19. The number of aliphatic hydroxyl groups excluding tert-OH is 2. The molecule has 2 atom stereocenters. The average Bonchev–Trinajstić information content (AvgIpc) is 3.41. The molecule has 3 N–H and O–H groups in total.